The Labute approximate surface area is 116 Å². The van der Waals surface area contributed by atoms with Crippen molar-refractivity contribution in [3.8, 4) is 11.4 Å². The van der Waals surface area contributed by atoms with E-state index in [1.807, 2.05) is 0 Å². The number of benzene rings is 1. The smallest absolute Gasteiger partial charge is 0.416 e. The number of hydrogen-bond donors (Lipinski definition) is 1. The lowest BCUT2D eigenvalue weighted by Crippen LogP contribution is -2.07. The van der Waals surface area contributed by atoms with Gasteiger partial charge in [0, 0.05) is 0 Å². The molecule has 0 aliphatic heterocycles. The Morgan fingerprint density at radius 3 is 2.11 bits per heavy atom. The summed E-state index contributed by atoms with van der Waals surface area (Å²) < 4.78 is 38.8. The zero-order valence-electron chi connectivity index (χ0n) is 9.46. The van der Waals surface area contributed by atoms with Gasteiger partial charge < -0.3 is 5.11 Å². The van der Waals surface area contributed by atoms with Crippen LogP contribution in [0.5, 0.6) is 5.75 Å². The van der Waals surface area contributed by atoms with Crippen molar-refractivity contribution in [3.63, 3.8) is 0 Å². The summed E-state index contributed by atoms with van der Waals surface area (Å²) in [5.74, 6) is -0.105. The van der Waals surface area contributed by atoms with Crippen molar-refractivity contribution in [1.29, 1.82) is 0 Å². The molecule has 0 atom stereocenters. The Balaban J connectivity index is 2.60. The van der Waals surface area contributed by atoms with E-state index < -0.39 is 11.7 Å². The van der Waals surface area contributed by atoms with Crippen LogP contribution in [-0.2, 0) is 6.18 Å². The molecule has 1 N–H and O–H groups in total. The highest BCUT2D eigenvalue weighted by Gasteiger charge is 2.32. The highest BCUT2D eigenvalue weighted by Crippen LogP contribution is 2.37. The van der Waals surface area contributed by atoms with Crippen LogP contribution in [-0.4, -0.2) is 14.9 Å². The van der Waals surface area contributed by atoms with E-state index in [-0.39, 0.29) is 21.5 Å². The second-order valence-corrected chi connectivity index (χ2v) is 4.64. The number of rotatable bonds is 1. The average Bonchev–Trinajstić information content (AvgIpc) is 2.56. The van der Waals surface area contributed by atoms with Crippen LogP contribution < -0.4 is 0 Å². The van der Waals surface area contributed by atoms with E-state index in [1.54, 1.807) is 0 Å². The molecule has 2 aromatic rings. The summed E-state index contributed by atoms with van der Waals surface area (Å²) in [4.78, 5) is 0. The largest absolute Gasteiger partial charge is 0.504 e. The van der Waals surface area contributed by atoms with Crippen molar-refractivity contribution < 1.29 is 18.3 Å². The van der Waals surface area contributed by atoms with Crippen LogP contribution >= 0.6 is 23.2 Å². The predicted molar refractivity (Wildman–Crippen MR) is 65.0 cm³/mol. The van der Waals surface area contributed by atoms with E-state index in [9.17, 15) is 18.3 Å². The van der Waals surface area contributed by atoms with E-state index >= 15 is 0 Å². The van der Waals surface area contributed by atoms with E-state index in [1.165, 1.54) is 13.1 Å². The van der Waals surface area contributed by atoms with Gasteiger partial charge in [0.1, 0.15) is 11.4 Å². The van der Waals surface area contributed by atoms with Crippen molar-refractivity contribution in [2.75, 3.05) is 0 Å². The average molecular weight is 311 g/mol. The molecule has 0 saturated heterocycles. The Bertz CT molecular complexity index is 595. The lowest BCUT2D eigenvalue weighted by atomic mass is 10.2. The van der Waals surface area contributed by atoms with Crippen LogP contribution in [0.3, 0.4) is 0 Å². The zero-order chi connectivity index (χ0) is 14.4. The maximum Gasteiger partial charge on any atom is 0.416 e. The predicted octanol–water partition coefficient (Wildman–Crippen LogP) is 4.21. The zero-order valence-corrected chi connectivity index (χ0v) is 11.0. The molecule has 3 nitrogen and oxygen atoms in total. The third-order valence-electron chi connectivity index (χ3n) is 2.45. The fourth-order valence-electron chi connectivity index (χ4n) is 1.51. The topological polar surface area (TPSA) is 38.0 Å². The van der Waals surface area contributed by atoms with Gasteiger partial charge in [0.25, 0.3) is 0 Å². The summed E-state index contributed by atoms with van der Waals surface area (Å²) in [6.45, 7) is 1.54. The van der Waals surface area contributed by atoms with Gasteiger partial charge in [0.05, 0.1) is 21.8 Å². The number of hydrogen-bond acceptors (Lipinski definition) is 2. The van der Waals surface area contributed by atoms with Crippen LogP contribution in [0, 0.1) is 6.92 Å². The standard InChI is InChI=1S/C11H7Cl2F3N2O/c1-5-9(19)4-18(17-5)10-7(12)2-6(3-8(10)13)11(14,15)16/h2-4,19H,1H3. The summed E-state index contributed by atoms with van der Waals surface area (Å²) >= 11 is 11.6. The van der Waals surface area contributed by atoms with E-state index in [0.29, 0.717) is 5.69 Å². The molecule has 8 heteroatoms. The summed E-state index contributed by atoms with van der Waals surface area (Å²) in [7, 11) is 0. The second-order valence-electron chi connectivity index (χ2n) is 3.83. The molecular formula is C11H7Cl2F3N2O. The number of aromatic nitrogens is 2. The van der Waals surface area contributed by atoms with Gasteiger partial charge in [-0.25, -0.2) is 4.68 Å². The fraction of sp³-hybridized carbons (Fsp3) is 0.182. The SMILES string of the molecule is Cc1nn(-c2c(Cl)cc(C(F)(F)F)cc2Cl)cc1O. The molecule has 0 aliphatic rings. The van der Waals surface area contributed by atoms with Gasteiger partial charge in [-0.15, -0.1) is 0 Å². The van der Waals surface area contributed by atoms with Crippen LogP contribution in [0.2, 0.25) is 10.0 Å². The molecule has 1 aromatic heterocycles. The molecule has 1 aromatic carbocycles. The van der Waals surface area contributed by atoms with Crippen LogP contribution in [0.4, 0.5) is 13.2 Å². The number of aryl methyl sites for hydroxylation is 1. The molecule has 0 bridgehead atoms. The lowest BCUT2D eigenvalue weighted by molar-refractivity contribution is -0.137. The molecule has 2 rings (SSSR count). The molecule has 0 aliphatic carbocycles. The summed E-state index contributed by atoms with van der Waals surface area (Å²) in [6, 6.07) is 1.52. The number of aromatic hydroxyl groups is 1. The molecule has 19 heavy (non-hydrogen) atoms. The first-order chi connectivity index (χ1) is 8.70. The number of halogens is 5. The Morgan fingerprint density at radius 2 is 1.74 bits per heavy atom. The van der Waals surface area contributed by atoms with E-state index in [0.717, 1.165) is 16.8 Å². The molecule has 0 unspecified atom stereocenters. The van der Waals surface area contributed by atoms with E-state index in [4.69, 9.17) is 23.2 Å². The first kappa shape index (κ1) is 14.0. The highest BCUT2D eigenvalue weighted by molar-refractivity contribution is 6.37. The monoisotopic (exact) mass is 310 g/mol. The van der Waals surface area contributed by atoms with Crippen molar-refractivity contribution in [1.82, 2.24) is 9.78 Å². The molecule has 0 saturated carbocycles. The van der Waals surface area contributed by atoms with Crippen molar-refractivity contribution >= 4 is 23.2 Å². The van der Waals surface area contributed by atoms with Crippen molar-refractivity contribution in [2.45, 2.75) is 13.1 Å². The number of alkyl halides is 3. The first-order valence-corrected chi connectivity index (χ1v) is 5.77. The van der Waals surface area contributed by atoms with Crippen LogP contribution in [0.15, 0.2) is 18.3 Å². The Kier molecular flexibility index (Phi) is 3.40. The van der Waals surface area contributed by atoms with Crippen LogP contribution in [0.1, 0.15) is 11.3 Å². The number of nitrogens with zero attached hydrogens (tertiary/aromatic N) is 2. The molecule has 0 fully saturated rings. The van der Waals surface area contributed by atoms with Gasteiger partial charge in [-0.2, -0.15) is 18.3 Å². The second kappa shape index (κ2) is 4.61. The van der Waals surface area contributed by atoms with Gasteiger partial charge in [0.15, 0.2) is 5.75 Å². The lowest BCUT2D eigenvalue weighted by Gasteiger charge is -2.12. The Hall–Kier alpha value is -1.40. The van der Waals surface area contributed by atoms with Crippen LogP contribution in [0.25, 0.3) is 5.69 Å². The molecule has 1 heterocycles. The maximum absolute atomic E-state index is 12.6. The minimum Gasteiger partial charge on any atom is -0.504 e. The maximum atomic E-state index is 12.6. The molecule has 102 valence electrons. The van der Waals surface area contributed by atoms with Gasteiger partial charge in [-0.1, -0.05) is 23.2 Å². The molecule has 0 amide bonds. The van der Waals surface area contributed by atoms with Crippen molar-refractivity contribution in [3.05, 3.63) is 39.6 Å². The van der Waals surface area contributed by atoms with E-state index in [2.05, 4.69) is 5.10 Å². The highest BCUT2D eigenvalue weighted by atomic mass is 35.5. The summed E-state index contributed by atoms with van der Waals surface area (Å²) in [6.07, 6.45) is -3.32. The fourth-order valence-corrected chi connectivity index (χ4v) is 2.17. The minimum atomic E-state index is -4.53. The van der Waals surface area contributed by atoms with Gasteiger partial charge in [-0.3, -0.25) is 0 Å². The van der Waals surface area contributed by atoms with Gasteiger partial charge in [-0.05, 0) is 19.1 Å². The molecule has 0 spiro atoms. The van der Waals surface area contributed by atoms with Crippen molar-refractivity contribution in [2.24, 2.45) is 0 Å². The molecular weight excluding hydrogens is 304 g/mol. The normalized spacial score (nSPS) is 11.9. The minimum absolute atomic E-state index is 0.0831. The molecule has 0 radical (unpaired) electrons. The van der Waals surface area contributed by atoms with Gasteiger partial charge in [0.2, 0.25) is 0 Å². The summed E-state index contributed by atoms with van der Waals surface area (Å²) in [5.41, 5.74) is -0.550. The third kappa shape index (κ3) is 2.64. The summed E-state index contributed by atoms with van der Waals surface area (Å²) in [5, 5.41) is 12.9. The quantitative estimate of drug-likeness (QED) is 0.856. The van der Waals surface area contributed by atoms with Gasteiger partial charge >= 0.3 is 6.18 Å². The third-order valence-corrected chi connectivity index (χ3v) is 3.02. The first-order valence-electron chi connectivity index (χ1n) is 5.02. The Morgan fingerprint density at radius 1 is 1.21 bits per heavy atom.